The summed E-state index contributed by atoms with van der Waals surface area (Å²) in [7, 11) is 2.44. The van der Waals surface area contributed by atoms with E-state index in [0.29, 0.717) is 6.04 Å². The van der Waals surface area contributed by atoms with Crippen molar-refractivity contribution >= 4 is 0 Å². The highest BCUT2D eigenvalue weighted by atomic mass is 15.4. The molecule has 0 saturated carbocycles. The molecule has 1 aliphatic rings. The van der Waals surface area contributed by atoms with Crippen LogP contribution in [0.3, 0.4) is 0 Å². The molecule has 0 N–H and O–H groups in total. The van der Waals surface area contributed by atoms with Crippen molar-refractivity contribution in [3.05, 3.63) is 83.9 Å². The first-order valence-corrected chi connectivity index (χ1v) is 9.35. The molecule has 0 saturated heterocycles. The van der Waals surface area contributed by atoms with Crippen LogP contribution in [-0.2, 0) is 13.1 Å². The highest BCUT2D eigenvalue weighted by molar-refractivity contribution is 5.16. The number of hydrogen-bond acceptors (Lipinski definition) is 0. The molecule has 1 heteroatoms. The number of nitrogens with zero attached hydrogens (tertiary/aromatic N) is 1. The van der Waals surface area contributed by atoms with E-state index in [2.05, 4.69) is 79.9 Å². The van der Waals surface area contributed by atoms with E-state index in [4.69, 9.17) is 0 Å². The van der Waals surface area contributed by atoms with Crippen LogP contribution in [-0.4, -0.2) is 17.6 Å². The Morgan fingerprint density at radius 2 is 1.38 bits per heavy atom. The largest absolute Gasteiger partial charge is 0.313 e. The number of allylic oxidation sites excluding steroid dienone is 1. The summed E-state index contributed by atoms with van der Waals surface area (Å²) in [4.78, 5) is 0. The molecule has 1 nitrogen and oxygen atoms in total. The average Bonchev–Trinajstić information content (AvgIpc) is 2.56. The van der Waals surface area contributed by atoms with E-state index in [1.54, 1.807) is 0 Å². The summed E-state index contributed by atoms with van der Waals surface area (Å²) >= 11 is 0. The van der Waals surface area contributed by atoms with Crippen LogP contribution in [0.2, 0.25) is 0 Å². The van der Waals surface area contributed by atoms with Gasteiger partial charge in [0.1, 0.15) is 19.1 Å². The molecule has 24 heavy (non-hydrogen) atoms. The fraction of sp³-hybridized carbons (Fsp3) is 0.391. The van der Waals surface area contributed by atoms with Crippen LogP contribution in [0.5, 0.6) is 0 Å². The fourth-order valence-corrected chi connectivity index (χ4v) is 3.95. The molecule has 0 aliphatic heterocycles. The van der Waals surface area contributed by atoms with Gasteiger partial charge in [0.05, 0.1) is 7.05 Å². The van der Waals surface area contributed by atoms with E-state index >= 15 is 0 Å². The van der Waals surface area contributed by atoms with Crippen molar-refractivity contribution in [3.63, 3.8) is 0 Å². The van der Waals surface area contributed by atoms with Gasteiger partial charge in [-0.05, 0) is 25.3 Å². The van der Waals surface area contributed by atoms with Crippen molar-refractivity contribution in [2.45, 2.75) is 51.2 Å². The number of rotatable bonds is 5. The Bertz CT molecular complexity index is 588. The smallest absolute Gasteiger partial charge is 0.108 e. The molecular weight excluding hydrogens is 290 g/mol. The fourth-order valence-electron chi connectivity index (χ4n) is 3.95. The van der Waals surface area contributed by atoms with Gasteiger partial charge < -0.3 is 4.48 Å². The summed E-state index contributed by atoms with van der Waals surface area (Å²) in [6.07, 6.45) is 11.6. The summed E-state index contributed by atoms with van der Waals surface area (Å²) in [5.74, 6) is 0. The molecule has 0 heterocycles. The van der Waals surface area contributed by atoms with Gasteiger partial charge >= 0.3 is 0 Å². The number of hydrogen-bond donors (Lipinski definition) is 0. The van der Waals surface area contributed by atoms with Gasteiger partial charge in [0.15, 0.2) is 0 Å². The molecule has 126 valence electrons. The van der Waals surface area contributed by atoms with Gasteiger partial charge in [-0.25, -0.2) is 0 Å². The SMILES string of the molecule is C[N+](Cc1ccccc1)(Cc1ccccc1)C1/C=C\CCCCC1. The first-order chi connectivity index (χ1) is 11.8. The third-order valence-electron chi connectivity index (χ3n) is 5.30. The molecule has 0 aromatic heterocycles. The standard InChI is InChI=1S/C23H30N/c1-24(19-21-13-7-5-8-14-21,20-22-15-9-6-10-16-22)23-17-11-3-2-4-12-18-23/h5-11,13-17,23H,2-4,12,18-20H2,1H3/q+1/b17-11-. The van der Waals surface area contributed by atoms with Crippen molar-refractivity contribution in [2.75, 3.05) is 7.05 Å². The van der Waals surface area contributed by atoms with Gasteiger partial charge in [-0.2, -0.15) is 0 Å². The van der Waals surface area contributed by atoms with Gasteiger partial charge in [0.2, 0.25) is 0 Å². The van der Waals surface area contributed by atoms with Crippen molar-refractivity contribution in [1.82, 2.24) is 0 Å². The van der Waals surface area contributed by atoms with Crippen molar-refractivity contribution in [2.24, 2.45) is 0 Å². The molecular formula is C23H30N+. The molecule has 0 spiro atoms. The third kappa shape index (κ3) is 4.58. The Kier molecular flexibility index (Phi) is 5.87. The van der Waals surface area contributed by atoms with Gasteiger partial charge in [-0.1, -0.05) is 73.2 Å². The third-order valence-corrected chi connectivity index (χ3v) is 5.30. The normalized spacial score (nSPS) is 20.1. The van der Waals surface area contributed by atoms with E-state index in [9.17, 15) is 0 Å². The lowest BCUT2D eigenvalue weighted by molar-refractivity contribution is -0.952. The highest BCUT2D eigenvalue weighted by Crippen LogP contribution is 2.27. The van der Waals surface area contributed by atoms with Crippen LogP contribution < -0.4 is 0 Å². The molecule has 3 rings (SSSR count). The summed E-state index contributed by atoms with van der Waals surface area (Å²) in [5.41, 5.74) is 2.87. The van der Waals surface area contributed by atoms with Crippen LogP contribution >= 0.6 is 0 Å². The highest BCUT2D eigenvalue weighted by Gasteiger charge is 2.31. The second-order valence-corrected chi connectivity index (χ2v) is 7.40. The zero-order chi connectivity index (χ0) is 16.7. The lowest BCUT2D eigenvalue weighted by atomic mass is 9.97. The first kappa shape index (κ1) is 17.0. The lowest BCUT2D eigenvalue weighted by Crippen LogP contribution is -2.50. The van der Waals surface area contributed by atoms with E-state index < -0.39 is 0 Å². The first-order valence-electron chi connectivity index (χ1n) is 9.35. The molecule has 1 atom stereocenters. The molecule has 0 bridgehead atoms. The molecule has 0 fully saturated rings. The van der Waals surface area contributed by atoms with E-state index in [-0.39, 0.29) is 0 Å². The zero-order valence-electron chi connectivity index (χ0n) is 14.9. The second kappa shape index (κ2) is 8.30. The summed E-state index contributed by atoms with van der Waals surface area (Å²) < 4.78 is 1.06. The second-order valence-electron chi connectivity index (χ2n) is 7.40. The molecule has 0 amide bonds. The molecule has 0 radical (unpaired) electrons. The van der Waals surface area contributed by atoms with Crippen LogP contribution in [0.4, 0.5) is 0 Å². The maximum atomic E-state index is 2.50. The molecule has 1 unspecified atom stereocenters. The minimum absolute atomic E-state index is 0.603. The average molecular weight is 321 g/mol. The maximum absolute atomic E-state index is 2.50. The van der Waals surface area contributed by atoms with Gasteiger partial charge in [0.25, 0.3) is 0 Å². The van der Waals surface area contributed by atoms with Gasteiger partial charge in [-0.15, -0.1) is 0 Å². The van der Waals surface area contributed by atoms with Crippen LogP contribution in [0.1, 0.15) is 43.2 Å². The van der Waals surface area contributed by atoms with Crippen molar-refractivity contribution in [1.29, 1.82) is 0 Å². The Morgan fingerprint density at radius 3 is 1.96 bits per heavy atom. The predicted molar refractivity (Wildman–Crippen MR) is 102 cm³/mol. The predicted octanol–water partition coefficient (Wildman–Crippen LogP) is 5.72. The zero-order valence-corrected chi connectivity index (χ0v) is 14.9. The minimum atomic E-state index is 0.603. The maximum Gasteiger partial charge on any atom is 0.108 e. The Balaban J connectivity index is 1.87. The van der Waals surface area contributed by atoms with E-state index in [0.717, 1.165) is 17.6 Å². The van der Waals surface area contributed by atoms with Crippen LogP contribution in [0, 0.1) is 0 Å². The molecule has 2 aromatic carbocycles. The topological polar surface area (TPSA) is 0 Å². The van der Waals surface area contributed by atoms with Crippen molar-refractivity contribution in [3.8, 4) is 0 Å². The quantitative estimate of drug-likeness (QED) is 0.488. The Hall–Kier alpha value is -1.86. The summed E-state index contributed by atoms with van der Waals surface area (Å²) in [5, 5.41) is 0. The minimum Gasteiger partial charge on any atom is -0.313 e. The van der Waals surface area contributed by atoms with Crippen LogP contribution in [0.25, 0.3) is 0 Å². The summed E-state index contributed by atoms with van der Waals surface area (Å²) in [6, 6.07) is 22.6. The Morgan fingerprint density at radius 1 is 0.792 bits per heavy atom. The molecule has 1 aliphatic carbocycles. The van der Waals surface area contributed by atoms with Crippen molar-refractivity contribution < 1.29 is 4.48 Å². The summed E-state index contributed by atoms with van der Waals surface area (Å²) in [6.45, 7) is 2.18. The number of benzene rings is 2. The van der Waals surface area contributed by atoms with Gasteiger partial charge in [0, 0.05) is 17.5 Å². The Labute approximate surface area is 147 Å². The van der Waals surface area contributed by atoms with E-state index in [1.165, 1.54) is 43.2 Å². The van der Waals surface area contributed by atoms with E-state index in [1.807, 2.05) is 0 Å². The monoisotopic (exact) mass is 320 g/mol. The van der Waals surface area contributed by atoms with Gasteiger partial charge in [-0.3, -0.25) is 0 Å². The lowest BCUT2D eigenvalue weighted by Gasteiger charge is -2.41. The van der Waals surface area contributed by atoms with Crippen LogP contribution in [0.15, 0.2) is 72.8 Å². The number of likely N-dealkylation sites (N-methyl/N-ethyl adjacent to an activating group) is 1. The molecule has 2 aromatic rings. The number of quaternary nitrogens is 1.